The molecule has 43 heteroatoms. The molecule has 2 heterocycles. The highest BCUT2D eigenvalue weighted by Crippen LogP contribution is 2.38. The van der Waals surface area contributed by atoms with Gasteiger partial charge >= 0.3 is 0 Å². The highest BCUT2D eigenvalue weighted by molar-refractivity contribution is 7.86. The summed E-state index contributed by atoms with van der Waals surface area (Å²) in [6, 6.07) is 71.2. The summed E-state index contributed by atoms with van der Waals surface area (Å²) in [4.78, 5) is 27.8. The van der Waals surface area contributed by atoms with Gasteiger partial charge in [0.25, 0.3) is 30.4 Å². The molecule has 0 aliphatic carbocycles. The van der Waals surface area contributed by atoms with E-state index in [1.807, 2.05) is 49.4 Å². The quantitative estimate of drug-likeness (QED) is 0.00762. The molecule has 0 bridgehead atoms. The van der Waals surface area contributed by atoms with E-state index in [0.29, 0.717) is 127 Å². The van der Waals surface area contributed by atoms with Crippen molar-refractivity contribution in [3.05, 3.63) is 306 Å². The first-order valence-corrected chi connectivity index (χ1v) is 44.4. The number of rotatable bonds is 36. The molecule has 1 atom stereocenters. The van der Waals surface area contributed by atoms with Crippen LogP contribution < -0.4 is 26.0 Å². The number of aryl methyl sites for hydroxylation is 2. The summed E-state index contributed by atoms with van der Waals surface area (Å²) < 4.78 is 129. The highest BCUT2D eigenvalue weighted by atomic mass is 32.2. The number of azo groups is 8. The second kappa shape index (κ2) is 42.0. The fraction of sp³-hybridized carbons (Fsp3) is 0.103. The van der Waals surface area contributed by atoms with Crippen LogP contribution in [0.3, 0.4) is 0 Å². The van der Waals surface area contributed by atoms with E-state index in [2.05, 4.69) is 103 Å². The van der Waals surface area contributed by atoms with Gasteiger partial charge in [-0.05, 0) is 243 Å². The molecule has 12 aromatic carbocycles. The van der Waals surface area contributed by atoms with E-state index in [-0.39, 0.29) is 80.6 Å². The summed E-state index contributed by atoms with van der Waals surface area (Å²) >= 11 is -2.45. The first-order valence-electron chi connectivity index (χ1n) is 39.0. The molecule has 0 aliphatic rings. The summed E-state index contributed by atoms with van der Waals surface area (Å²) in [5.74, 6) is 1.67. The van der Waals surface area contributed by atoms with Gasteiger partial charge in [-0.1, -0.05) is 54.6 Å². The molecule has 14 rings (SSSR count). The summed E-state index contributed by atoms with van der Waals surface area (Å²) in [5, 5.41) is 92.3. The molecule has 1 unspecified atom stereocenters. The maximum atomic E-state index is 12.7. The first-order chi connectivity index (χ1) is 62.7. The van der Waals surface area contributed by atoms with Crippen molar-refractivity contribution in [2.24, 2.45) is 81.8 Å². The van der Waals surface area contributed by atoms with E-state index >= 15 is 0 Å². The molecule has 654 valence electrons. The van der Waals surface area contributed by atoms with Crippen LogP contribution in [0.25, 0.3) is 0 Å². The van der Waals surface area contributed by atoms with Gasteiger partial charge in [0.15, 0.2) is 11.1 Å². The number of aliphatic hydroxyl groups excluding tert-OH is 1. The normalized spacial score (nSPS) is 12.4. The van der Waals surface area contributed by atoms with Crippen molar-refractivity contribution < 1.29 is 57.5 Å². The minimum atomic E-state index is -4.81. The third-order valence-electron chi connectivity index (χ3n) is 18.5. The van der Waals surface area contributed by atoms with E-state index in [4.69, 9.17) is 34.6 Å². The number of hydrogen-bond donors (Lipinski definition) is 9. The zero-order valence-electron chi connectivity index (χ0n) is 68.6. The summed E-state index contributed by atoms with van der Waals surface area (Å²) in [5.41, 5.74) is 10.2. The lowest BCUT2D eigenvalue weighted by molar-refractivity contribution is 0.282. The Kier molecular flexibility index (Phi) is 29.3. The SMILES string of the molecule is COc1cc(N=Nc2ccc(N=Nc3ccccc3)cc2S(=O)(=O)O)ccc1Cc1nc(Cc2ccc(N=Nc3ccc(N=Nc4ccc(S(=O)(=O)O)cc4)cc3)c(C)c2)nc(NCCCNc2nc(Nc3ccc(N=Nc4ccc(N=Nc5ccccc5)cc4S(=O)O)c(C)c3)nc(Nc3ccc(N=Nc4ccc(N=Nc5ccc(S(=O)(=O)O)cc5)cc4)cc3CO)n2)n1. The van der Waals surface area contributed by atoms with E-state index < -0.39 is 52.9 Å². The van der Waals surface area contributed by atoms with Gasteiger partial charge in [0.2, 0.25) is 23.8 Å². The Bertz CT molecular complexity index is 7140. The van der Waals surface area contributed by atoms with Crippen LogP contribution in [-0.2, 0) is 60.9 Å². The van der Waals surface area contributed by atoms with Gasteiger partial charge in [-0.3, -0.25) is 13.7 Å². The van der Waals surface area contributed by atoms with Crippen LogP contribution in [0.4, 0.5) is 126 Å². The summed E-state index contributed by atoms with van der Waals surface area (Å²) in [7, 11) is -12.1. The van der Waals surface area contributed by atoms with Gasteiger partial charge in [0.05, 0.1) is 108 Å². The molecule has 9 N–H and O–H groups in total. The monoisotopic (exact) mass is 1820 g/mol. The van der Waals surface area contributed by atoms with Crippen LogP contribution in [0.1, 0.15) is 45.9 Å². The maximum absolute atomic E-state index is 12.7. The van der Waals surface area contributed by atoms with Crippen molar-refractivity contribution in [2.45, 2.75) is 59.3 Å². The van der Waals surface area contributed by atoms with Gasteiger partial charge < -0.3 is 35.7 Å². The van der Waals surface area contributed by atoms with Crippen molar-refractivity contribution in [3.8, 4) is 5.75 Å². The van der Waals surface area contributed by atoms with Crippen molar-refractivity contribution in [1.82, 2.24) is 29.9 Å². The zero-order chi connectivity index (χ0) is 91.2. The average molecular weight is 1820 g/mol. The van der Waals surface area contributed by atoms with Gasteiger partial charge in [0.1, 0.15) is 33.7 Å². The van der Waals surface area contributed by atoms with E-state index in [1.54, 1.807) is 153 Å². The van der Waals surface area contributed by atoms with Crippen molar-refractivity contribution in [3.63, 3.8) is 0 Å². The van der Waals surface area contributed by atoms with Crippen LogP contribution in [0.15, 0.2) is 368 Å². The fourth-order valence-electron chi connectivity index (χ4n) is 12.1. The molecule has 0 fully saturated rings. The van der Waals surface area contributed by atoms with Crippen molar-refractivity contribution in [2.75, 3.05) is 41.5 Å². The third kappa shape index (κ3) is 25.8. The Morgan fingerprint density at radius 1 is 0.354 bits per heavy atom. The third-order valence-corrected chi connectivity index (χ3v) is 21.9. The molecule has 0 amide bonds. The van der Waals surface area contributed by atoms with Gasteiger partial charge in [0, 0.05) is 54.5 Å². The second-order valence-corrected chi connectivity index (χ2v) is 33.2. The standard InChI is InChI=1S/C87H74N26O13S4/c1-54-45-56(15-38-74(54)110-105-64-24-22-62(23-25-64)101-103-66-28-36-73(37-29-66)129(120,121)122)47-82-92-83(49-57-16-17-69(50-79(57)126-3)109-113-78-42-33-71(52-81(78)130(123,124)125)108-99-60-13-8-5-9-14-60)94-84(93-82)88-43-10-44-89-85-95-86(90-67-30-39-75(55(2)46-67)111-112-77-41-32-70(51-80(77)127(115)116)107-98-59-11-6-4-7-12-59)97-87(96-85)91-76-40-31-68(48-58(76)53-114)106-104-63-20-18-61(19-21-63)100-102-65-26-34-72(35-27-65)128(117,118)119/h4-9,11-42,45-46,48,50-52,114H,10,43-44,47,49,53H2,1-3H3,(H,115,116)(H,117,118,119)(H,120,121,122)(H,123,124,125)(H,88,92,93,94)(H3,89,90,91,95,96,97). The predicted octanol–water partition coefficient (Wildman–Crippen LogP) is 23.4. The Balaban J connectivity index is 0.695. The number of anilines is 6. The number of ether oxygens (including phenoxy) is 1. The number of aliphatic hydroxyl groups is 1. The zero-order valence-corrected chi connectivity index (χ0v) is 71.9. The predicted molar refractivity (Wildman–Crippen MR) is 485 cm³/mol. The topological polar surface area (TPSA) is 553 Å². The largest absolute Gasteiger partial charge is 0.496 e. The second-order valence-electron chi connectivity index (χ2n) is 28.0. The van der Waals surface area contributed by atoms with Crippen LogP contribution in [-0.4, -0.2) is 103 Å². The fourth-order valence-corrected chi connectivity index (χ4v) is 14.2. The van der Waals surface area contributed by atoms with Crippen LogP contribution in [0, 0.1) is 13.8 Å². The lowest BCUT2D eigenvalue weighted by Gasteiger charge is -2.14. The summed E-state index contributed by atoms with van der Waals surface area (Å²) in [6.45, 7) is 3.85. The lowest BCUT2D eigenvalue weighted by Crippen LogP contribution is -2.15. The molecule has 39 nitrogen and oxygen atoms in total. The number of nitrogens with one attached hydrogen (secondary N) is 4. The van der Waals surface area contributed by atoms with Gasteiger partial charge in [-0.2, -0.15) is 122 Å². The molecular formula is C87H74N26O13S4. The number of hydrogen-bond acceptors (Lipinski definition) is 35. The molecule has 0 saturated carbocycles. The Hall–Kier alpha value is -15.7. The Labute approximate surface area is 745 Å². The van der Waals surface area contributed by atoms with Gasteiger partial charge in [-0.15, -0.1) is 10.2 Å². The number of methoxy groups -OCH3 is 1. The van der Waals surface area contributed by atoms with E-state index in [9.17, 15) is 52.8 Å². The van der Waals surface area contributed by atoms with E-state index in [1.165, 1.54) is 79.9 Å². The maximum Gasteiger partial charge on any atom is 0.296 e. The summed E-state index contributed by atoms with van der Waals surface area (Å²) in [6.07, 6.45) is 0.804. The molecule has 0 saturated heterocycles. The molecule has 0 spiro atoms. The smallest absolute Gasteiger partial charge is 0.296 e. The Morgan fingerprint density at radius 3 is 1.25 bits per heavy atom. The van der Waals surface area contributed by atoms with Gasteiger partial charge in [-0.25, -0.2) is 9.19 Å². The van der Waals surface area contributed by atoms with Crippen LogP contribution >= 0.6 is 0 Å². The molecular weight excluding hydrogens is 1750 g/mol. The minimum Gasteiger partial charge on any atom is -0.496 e. The molecule has 0 aliphatic heterocycles. The minimum absolute atomic E-state index is 0.0236. The molecule has 14 aromatic rings. The molecule has 0 radical (unpaired) electrons. The first kappa shape index (κ1) is 90.5. The average Bonchev–Trinajstić information content (AvgIpc) is 0.814. The van der Waals surface area contributed by atoms with E-state index in [0.717, 1.165) is 17.2 Å². The number of nitrogens with zero attached hydrogens (tertiary/aromatic N) is 22. The molecule has 2 aromatic heterocycles. The Morgan fingerprint density at radius 2 is 0.746 bits per heavy atom. The van der Waals surface area contributed by atoms with Crippen LogP contribution in [0.2, 0.25) is 0 Å². The van der Waals surface area contributed by atoms with Crippen molar-refractivity contribution in [1.29, 1.82) is 0 Å². The van der Waals surface area contributed by atoms with Crippen molar-refractivity contribution >= 4 is 168 Å². The lowest BCUT2D eigenvalue weighted by atomic mass is 10.1. The molecule has 130 heavy (non-hydrogen) atoms. The number of aromatic nitrogens is 6. The highest BCUT2D eigenvalue weighted by Gasteiger charge is 2.21. The van der Waals surface area contributed by atoms with Crippen LogP contribution in [0.5, 0.6) is 5.75 Å². The number of benzene rings is 12.